The molecule has 4 nitrogen and oxygen atoms in total. The Balaban J connectivity index is 1.60. The van der Waals surface area contributed by atoms with Crippen LogP contribution in [0.25, 0.3) is 0 Å². The number of benzene rings is 2. The number of nitrogens with one attached hydrogen (secondary N) is 1. The maximum atomic E-state index is 12.4. The quantitative estimate of drug-likeness (QED) is 0.841. The molecule has 24 heavy (non-hydrogen) atoms. The van der Waals surface area contributed by atoms with Crippen LogP contribution in [0.4, 0.5) is 5.69 Å². The molecule has 1 aliphatic rings. The number of fused-ring (bicyclic) bond motifs is 1. The molecule has 0 radical (unpaired) electrons. The first kappa shape index (κ1) is 16.8. The van der Waals surface area contributed by atoms with E-state index in [0.717, 1.165) is 12.0 Å². The summed E-state index contributed by atoms with van der Waals surface area (Å²) in [6.45, 7) is 1.18. The summed E-state index contributed by atoms with van der Waals surface area (Å²) in [7, 11) is 0. The zero-order valence-corrected chi connectivity index (χ0v) is 14.4. The van der Waals surface area contributed by atoms with Gasteiger partial charge in [-0.1, -0.05) is 47.5 Å². The van der Waals surface area contributed by atoms with Gasteiger partial charge in [-0.3, -0.25) is 9.59 Å². The first-order valence-corrected chi connectivity index (χ1v) is 8.38. The molecule has 0 atom stereocenters. The standard InChI is InChI=1S/C18H16Cl2N2O2/c19-14-5-6-16(15(20)9-14)21-17(23)10-18(24)22-8-7-12-3-1-2-4-13(12)11-22/h1-6,9H,7-8,10-11H2,(H,21,23). The van der Waals surface area contributed by atoms with Gasteiger partial charge in [0.05, 0.1) is 10.7 Å². The number of nitrogens with zero attached hydrogens (tertiary/aromatic N) is 1. The van der Waals surface area contributed by atoms with E-state index >= 15 is 0 Å². The molecule has 0 saturated carbocycles. The average molecular weight is 363 g/mol. The number of rotatable bonds is 3. The van der Waals surface area contributed by atoms with Gasteiger partial charge in [-0.15, -0.1) is 0 Å². The molecule has 0 aromatic heterocycles. The van der Waals surface area contributed by atoms with Crippen LogP contribution in [0.1, 0.15) is 17.5 Å². The Morgan fingerprint density at radius 2 is 1.83 bits per heavy atom. The maximum absolute atomic E-state index is 12.4. The predicted molar refractivity (Wildman–Crippen MR) is 95.3 cm³/mol. The molecule has 0 saturated heterocycles. The van der Waals surface area contributed by atoms with Crippen LogP contribution in [0.5, 0.6) is 0 Å². The van der Waals surface area contributed by atoms with Gasteiger partial charge in [-0.05, 0) is 35.7 Å². The molecular weight excluding hydrogens is 347 g/mol. The van der Waals surface area contributed by atoms with E-state index in [-0.39, 0.29) is 18.2 Å². The Hall–Kier alpha value is -2.04. The number of hydrogen-bond acceptors (Lipinski definition) is 2. The number of anilines is 1. The predicted octanol–water partition coefficient (Wildman–Crippen LogP) is 3.91. The van der Waals surface area contributed by atoms with Crippen LogP contribution in [0.2, 0.25) is 10.0 Å². The van der Waals surface area contributed by atoms with Crippen LogP contribution in [-0.4, -0.2) is 23.3 Å². The molecular formula is C18H16Cl2N2O2. The second-order valence-electron chi connectivity index (χ2n) is 5.68. The number of carbonyl (C=O) groups excluding carboxylic acids is 2. The third-order valence-electron chi connectivity index (χ3n) is 4.00. The number of halogens is 2. The zero-order valence-electron chi connectivity index (χ0n) is 12.9. The van der Waals surface area contributed by atoms with Crippen molar-refractivity contribution < 1.29 is 9.59 Å². The highest BCUT2D eigenvalue weighted by molar-refractivity contribution is 6.36. The fourth-order valence-corrected chi connectivity index (χ4v) is 3.20. The van der Waals surface area contributed by atoms with E-state index in [1.165, 1.54) is 5.56 Å². The minimum absolute atomic E-state index is 0.188. The van der Waals surface area contributed by atoms with Gasteiger partial charge in [0.2, 0.25) is 11.8 Å². The van der Waals surface area contributed by atoms with Crippen molar-refractivity contribution in [1.29, 1.82) is 0 Å². The van der Waals surface area contributed by atoms with Crippen molar-refractivity contribution in [3.8, 4) is 0 Å². The van der Waals surface area contributed by atoms with Gasteiger partial charge in [-0.2, -0.15) is 0 Å². The number of amides is 2. The molecule has 0 bridgehead atoms. The highest BCUT2D eigenvalue weighted by atomic mass is 35.5. The lowest BCUT2D eigenvalue weighted by Crippen LogP contribution is -2.37. The van der Waals surface area contributed by atoms with Crippen molar-refractivity contribution >= 4 is 40.7 Å². The third kappa shape index (κ3) is 3.89. The maximum Gasteiger partial charge on any atom is 0.233 e. The molecule has 124 valence electrons. The van der Waals surface area contributed by atoms with Gasteiger partial charge in [0, 0.05) is 18.1 Å². The summed E-state index contributed by atoms with van der Waals surface area (Å²) < 4.78 is 0. The van der Waals surface area contributed by atoms with E-state index in [0.29, 0.717) is 28.8 Å². The van der Waals surface area contributed by atoms with Crippen molar-refractivity contribution in [3.63, 3.8) is 0 Å². The summed E-state index contributed by atoms with van der Waals surface area (Å²) in [5.74, 6) is -0.574. The summed E-state index contributed by atoms with van der Waals surface area (Å²) in [6, 6.07) is 12.8. The molecule has 6 heteroatoms. The molecule has 0 fully saturated rings. The molecule has 1 aliphatic heterocycles. The lowest BCUT2D eigenvalue weighted by atomic mass is 10.00. The highest BCUT2D eigenvalue weighted by Gasteiger charge is 2.22. The van der Waals surface area contributed by atoms with Gasteiger partial charge >= 0.3 is 0 Å². The smallest absolute Gasteiger partial charge is 0.233 e. The second kappa shape index (κ2) is 7.24. The Kier molecular flexibility index (Phi) is 5.07. The monoisotopic (exact) mass is 362 g/mol. The van der Waals surface area contributed by atoms with Crippen molar-refractivity contribution in [1.82, 2.24) is 4.90 Å². The normalized spacial score (nSPS) is 13.3. The molecule has 2 aromatic carbocycles. The van der Waals surface area contributed by atoms with E-state index in [1.807, 2.05) is 18.2 Å². The summed E-state index contributed by atoms with van der Waals surface area (Å²) in [6.07, 6.45) is 0.605. The Morgan fingerprint density at radius 1 is 1.08 bits per heavy atom. The van der Waals surface area contributed by atoms with E-state index in [4.69, 9.17) is 23.2 Å². The molecule has 3 rings (SSSR count). The van der Waals surface area contributed by atoms with Crippen molar-refractivity contribution in [2.45, 2.75) is 19.4 Å². The van der Waals surface area contributed by atoms with Gasteiger partial charge in [-0.25, -0.2) is 0 Å². The summed E-state index contributed by atoms with van der Waals surface area (Å²) >= 11 is 11.8. The number of carbonyl (C=O) groups is 2. The number of hydrogen-bond donors (Lipinski definition) is 1. The SMILES string of the molecule is O=C(CC(=O)N1CCc2ccccc2C1)Nc1ccc(Cl)cc1Cl. The van der Waals surface area contributed by atoms with Crippen LogP contribution in [0.3, 0.4) is 0 Å². The largest absolute Gasteiger partial charge is 0.338 e. The Morgan fingerprint density at radius 3 is 2.58 bits per heavy atom. The minimum Gasteiger partial charge on any atom is -0.338 e. The van der Waals surface area contributed by atoms with Gasteiger partial charge in [0.25, 0.3) is 0 Å². The average Bonchev–Trinajstić information content (AvgIpc) is 2.57. The fraction of sp³-hybridized carbons (Fsp3) is 0.222. The van der Waals surface area contributed by atoms with Gasteiger partial charge in [0.15, 0.2) is 0 Å². The molecule has 1 N–H and O–H groups in total. The lowest BCUT2D eigenvalue weighted by molar-refractivity contribution is -0.135. The van der Waals surface area contributed by atoms with E-state index in [1.54, 1.807) is 23.1 Å². The Labute approximate surface area is 150 Å². The van der Waals surface area contributed by atoms with Crippen LogP contribution in [-0.2, 0) is 22.6 Å². The fourth-order valence-electron chi connectivity index (χ4n) is 2.74. The van der Waals surface area contributed by atoms with Crippen LogP contribution in [0.15, 0.2) is 42.5 Å². The third-order valence-corrected chi connectivity index (χ3v) is 4.55. The molecule has 1 heterocycles. The molecule has 0 unspecified atom stereocenters. The first-order chi connectivity index (χ1) is 11.5. The second-order valence-corrected chi connectivity index (χ2v) is 6.53. The van der Waals surface area contributed by atoms with E-state index < -0.39 is 0 Å². The molecule has 2 aromatic rings. The van der Waals surface area contributed by atoms with Crippen molar-refractivity contribution in [2.24, 2.45) is 0 Å². The van der Waals surface area contributed by atoms with E-state index in [9.17, 15) is 9.59 Å². The van der Waals surface area contributed by atoms with E-state index in [2.05, 4.69) is 11.4 Å². The minimum atomic E-state index is -0.386. The summed E-state index contributed by atoms with van der Waals surface area (Å²) in [5.41, 5.74) is 2.85. The van der Waals surface area contributed by atoms with Crippen molar-refractivity contribution in [3.05, 3.63) is 63.6 Å². The van der Waals surface area contributed by atoms with Crippen LogP contribution in [0, 0.1) is 0 Å². The van der Waals surface area contributed by atoms with Crippen molar-refractivity contribution in [2.75, 3.05) is 11.9 Å². The first-order valence-electron chi connectivity index (χ1n) is 7.62. The zero-order chi connectivity index (χ0) is 17.1. The highest BCUT2D eigenvalue weighted by Crippen LogP contribution is 2.25. The molecule has 0 spiro atoms. The Bertz CT molecular complexity index is 792. The topological polar surface area (TPSA) is 49.4 Å². The van der Waals surface area contributed by atoms with Gasteiger partial charge in [0.1, 0.15) is 6.42 Å². The van der Waals surface area contributed by atoms with Crippen LogP contribution >= 0.6 is 23.2 Å². The summed E-state index contributed by atoms with van der Waals surface area (Å²) in [5, 5.41) is 3.48. The van der Waals surface area contributed by atoms with Gasteiger partial charge < -0.3 is 10.2 Å². The molecule has 2 amide bonds. The van der Waals surface area contributed by atoms with Crippen LogP contribution < -0.4 is 5.32 Å². The summed E-state index contributed by atoms with van der Waals surface area (Å²) in [4.78, 5) is 26.2. The molecule has 0 aliphatic carbocycles. The lowest BCUT2D eigenvalue weighted by Gasteiger charge is -2.28.